The highest BCUT2D eigenvalue weighted by Gasteiger charge is 2.38. The van der Waals surface area contributed by atoms with Gasteiger partial charge in [0.15, 0.2) is 0 Å². The van der Waals surface area contributed by atoms with E-state index in [0.717, 1.165) is 6.54 Å². The summed E-state index contributed by atoms with van der Waals surface area (Å²) in [7, 11) is 0. The molecule has 2 rings (SSSR count). The fourth-order valence-electron chi connectivity index (χ4n) is 3.43. The maximum atomic E-state index is 12.8. The third kappa shape index (κ3) is 3.93. The molecular weight excluding hydrogens is 284 g/mol. The number of carbonyl (C=O) groups is 2. The van der Waals surface area contributed by atoms with Crippen LogP contribution in [0, 0.1) is 5.92 Å². The van der Waals surface area contributed by atoms with Crippen LogP contribution in [0.15, 0.2) is 0 Å². The number of amides is 2. The topological polar surface area (TPSA) is 49.4 Å². The number of hydrogen-bond donors (Lipinski definition) is 1. The fraction of sp³-hybridized carbons (Fsp3) is 0.875. The summed E-state index contributed by atoms with van der Waals surface area (Å²) < 4.78 is 0.197. The van der Waals surface area contributed by atoms with E-state index in [1.807, 2.05) is 30.5 Å². The number of thioether (sulfide) groups is 1. The largest absolute Gasteiger partial charge is 0.344 e. The molecule has 120 valence electrons. The highest BCUT2D eigenvalue weighted by molar-refractivity contribution is 8.00. The second-order valence-electron chi connectivity index (χ2n) is 6.75. The number of rotatable bonds is 4. The Hall–Kier alpha value is -0.710. The molecule has 1 aliphatic carbocycles. The molecule has 2 aliphatic rings. The van der Waals surface area contributed by atoms with Crippen molar-refractivity contribution in [1.29, 1.82) is 0 Å². The SMILES string of the molecule is CSC1(CN2CCC(=O)NC(C(C)C)C2=O)CCCCC1. The van der Waals surface area contributed by atoms with Gasteiger partial charge in [-0.3, -0.25) is 9.59 Å². The molecular formula is C16H28N2O2S. The summed E-state index contributed by atoms with van der Waals surface area (Å²) in [5, 5.41) is 2.89. The van der Waals surface area contributed by atoms with Crippen molar-refractivity contribution in [2.75, 3.05) is 19.3 Å². The van der Waals surface area contributed by atoms with E-state index in [-0.39, 0.29) is 28.5 Å². The van der Waals surface area contributed by atoms with Crippen LogP contribution in [-0.2, 0) is 9.59 Å². The normalized spacial score (nSPS) is 26.7. The first-order chi connectivity index (χ1) is 9.97. The van der Waals surface area contributed by atoms with E-state index in [4.69, 9.17) is 0 Å². The fourth-order valence-corrected chi connectivity index (χ4v) is 4.41. The van der Waals surface area contributed by atoms with Crippen molar-refractivity contribution in [2.24, 2.45) is 5.92 Å². The highest BCUT2D eigenvalue weighted by atomic mass is 32.2. The molecule has 2 fully saturated rings. The maximum absolute atomic E-state index is 12.8. The van der Waals surface area contributed by atoms with Gasteiger partial charge in [-0.15, -0.1) is 0 Å². The maximum Gasteiger partial charge on any atom is 0.245 e. The first-order valence-electron chi connectivity index (χ1n) is 8.11. The van der Waals surface area contributed by atoms with Crippen molar-refractivity contribution in [2.45, 2.75) is 63.2 Å². The Balaban J connectivity index is 2.12. The van der Waals surface area contributed by atoms with E-state index in [9.17, 15) is 9.59 Å². The van der Waals surface area contributed by atoms with Crippen LogP contribution in [0.1, 0.15) is 52.4 Å². The van der Waals surface area contributed by atoms with Gasteiger partial charge in [0.1, 0.15) is 6.04 Å². The minimum absolute atomic E-state index is 0.00592. The average molecular weight is 312 g/mol. The van der Waals surface area contributed by atoms with Crippen molar-refractivity contribution in [1.82, 2.24) is 10.2 Å². The number of nitrogens with one attached hydrogen (secondary N) is 1. The molecule has 1 atom stereocenters. The second-order valence-corrected chi connectivity index (χ2v) is 8.02. The smallest absolute Gasteiger partial charge is 0.245 e. The molecule has 2 amide bonds. The molecule has 1 unspecified atom stereocenters. The van der Waals surface area contributed by atoms with E-state index >= 15 is 0 Å². The molecule has 4 nitrogen and oxygen atoms in total. The Morgan fingerprint density at radius 2 is 1.95 bits per heavy atom. The summed E-state index contributed by atoms with van der Waals surface area (Å²) in [6.07, 6.45) is 8.79. The second kappa shape index (κ2) is 7.03. The predicted molar refractivity (Wildman–Crippen MR) is 87.3 cm³/mol. The van der Waals surface area contributed by atoms with Crippen LogP contribution in [0.3, 0.4) is 0 Å². The Bertz CT molecular complexity index is 392. The van der Waals surface area contributed by atoms with Crippen molar-refractivity contribution < 1.29 is 9.59 Å². The Morgan fingerprint density at radius 3 is 2.52 bits per heavy atom. The van der Waals surface area contributed by atoms with E-state index < -0.39 is 0 Å². The van der Waals surface area contributed by atoms with E-state index in [1.165, 1.54) is 32.1 Å². The lowest BCUT2D eigenvalue weighted by molar-refractivity contribution is -0.135. The molecule has 1 aliphatic heterocycles. The molecule has 0 aromatic heterocycles. The molecule has 1 saturated carbocycles. The molecule has 1 saturated heterocycles. The van der Waals surface area contributed by atoms with Gasteiger partial charge in [0.2, 0.25) is 11.8 Å². The van der Waals surface area contributed by atoms with Gasteiger partial charge in [-0.1, -0.05) is 33.1 Å². The summed E-state index contributed by atoms with van der Waals surface area (Å²) in [6.45, 7) is 5.36. The molecule has 1 heterocycles. The lowest BCUT2D eigenvalue weighted by atomic mass is 9.87. The summed E-state index contributed by atoms with van der Waals surface area (Å²) in [5.74, 6) is 0.250. The molecule has 0 aromatic rings. The predicted octanol–water partition coefficient (Wildman–Crippen LogP) is 2.43. The number of nitrogens with zero attached hydrogens (tertiary/aromatic N) is 1. The van der Waals surface area contributed by atoms with Crippen LogP contribution in [0.25, 0.3) is 0 Å². The molecule has 0 aromatic carbocycles. The monoisotopic (exact) mass is 312 g/mol. The van der Waals surface area contributed by atoms with E-state index in [2.05, 4.69) is 11.6 Å². The Kier molecular flexibility index (Phi) is 5.58. The number of carbonyl (C=O) groups excluding carboxylic acids is 2. The van der Waals surface area contributed by atoms with E-state index in [1.54, 1.807) is 0 Å². The molecule has 0 radical (unpaired) electrons. The average Bonchev–Trinajstić information content (AvgIpc) is 2.61. The van der Waals surface area contributed by atoms with Crippen molar-refractivity contribution in [3.63, 3.8) is 0 Å². The van der Waals surface area contributed by atoms with E-state index in [0.29, 0.717) is 13.0 Å². The van der Waals surface area contributed by atoms with Crippen LogP contribution >= 0.6 is 11.8 Å². The molecule has 21 heavy (non-hydrogen) atoms. The van der Waals surface area contributed by atoms with Crippen molar-refractivity contribution >= 4 is 23.6 Å². The van der Waals surface area contributed by atoms with Gasteiger partial charge in [-0.05, 0) is 25.0 Å². The summed E-state index contributed by atoms with van der Waals surface area (Å²) >= 11 is 1.91. The minimum atomic E-state index is -0.359. The standard InChI is InChI=1S/C16H28N2O2S/c1-12(2)14-15(20)18(10-7-13(19)17-14)11-16(21-3)8-5-4-6-9-16/h12,14H,4-11H2,1-3H3,(H,17,19). The van der Waals surface area contributed by atoms with Crippen LogP contribution in [0.2, 0.25) is 0 Å². The first kappa shape index (κ1) is 16.7. The van der Waals surface area contributed by atoms with Crippen LogP contribution in [-0.4, -0.2) is 46.8 Å². The zero-order chi connectivity index (χ0) is 15.5. The quantitative estimate of drug-likeness (QED) is 0.867. The van der Waals surface area contributed by atoms with Gasteiger partial charge in [0.25, 0.3) is 0 Å². The third-order valence-corrected chi connectivity index (χ3v) is 6.25. The zero-order valence-corrected chi connectivity index (χ0v) is 14.3. The van der Waals surface area contributed by atoms with Gasteiger partial charge in [-0.2, -0.15) is 11.8 Å². The molecule has 5 heteroatoms. The van der Waals surface area contributed by atoms with Gasteiger partial charge in [0.05, 0.1) is 0 Å². The summed E-state index contributed by atoms with van der Waals surface area (Å²) in [5.41, 5.74) is 0. The molecule has 0 bridgehead atoms. The molecule has 0 spiro atoms. The van der Waals surface area contributed by atoms with Crippen LogP contribution < -0.4 is 5.32 Å². The van der Waals surface area contributed by atoms with Gasteiger partial charge >= 0.3 is 0 Å². The Labute approximate surface area is 132 Å². The van der Waals surface area contributed by atoms with Crippen LogP contribution in [0.5, 0.6) is 0 Å². The lowest BCUT2D eigenvalue weighted by Gasteiger charge is -2.40. The zero-order valence-electron chi connectivity index (χ0n) is 13.5. The lowest BCUT2D eigenvalue weighted by Crippen LogP contribution is -2.51. The number of hydrogen-bond acceptors (Lipinski definition) is 3. The van der Waals surface area contributed by atoms with Gasteiger partial charge in [0, 0.05) is 24.3 Å². The molecule has 1 N–H and O–H groups in total. The van der Waals surface area contributed by atoms with Crippen molar-refractivity contribution in [3.8, 4) is 0 Å². The first-order valence-corrected chi connectivity index (χ1v) is 9.33. The van der Waals surface area contributed by atoms with Gasteiger partial charge in [-0.25, -0.2) is 0 Å². The minimum Gasteiger partial charge on any atom is -0.344 e. The summed E-state index contributed by atoms with van der Waals surface area (Å²) in [4.78, 5) is 26.6. The Morgan fingerprint density at radius 1 is 1.29 bits per heavy atom. The van der Waals surface area contributed by atoms with Gasteiger partial charge < -0.3 is 10.2 Å². The highest BCUT2D eigenvalue weighted by Crippen LogP contribution is 2.39. The van der Waals surface area contributed by atoms with Crippen molar-refractivity contribution in [3.05, 3.63) is 0 Å². The third-order valence-electron chi connectivity index (χ3n) is 4.85. The van der Waals surface area contributed by atoms with Crippen LogP contribution in [0.4, 0.5) is 0 Å². The summed E-state index contributed by atoms with van der Waals surface area (Å²) in [6, 6.07) is -0.359.